The molecule has 0 spiro atoms. The monoisotopic (exact) mass is 743 g/mol. The summed E-state index contributed by atoms with van der Waals surface area (Å²) in [5.74, 6) is 7.39. The second-order valence-corrected chi connectivity index (χ2v) is 23.3. The number of aliphatic carboxylic acids is 1. The standard InChI is InChI=1S/C43H74N4O4S/c1-30(2)31-14-17-43(29-44-21-11-22-46-24-26-52(10,51)27-25-46)19-18-41(8)32(36(31)43)12-13-34-40(7)20-23-47(28-35(48)45-38(3,4)37(49)50)39(5,6)33(40)15-16-42(34,41)9/h31-34,36,44H,1,10-29H2,2-9H3,(H,45,48)(H,49,50)/t31-,32+,33-,34+,36+,40-,41+,42+,43+/m0/s1. The van der Waals surface area contributed by atoms with Crippen LogP contribution in [0.2, 0.25) is 0 Å². The Kier molecular flexibility index (Phi) is 10.8. The third-order valence-electron chi connectivity index (χ3n) is 17.3. The van der Waals surface area contributed by atoms with Crippen LogP contribution in [0.15, 0.2) is 12.2 Å². The molecule has 2 saturated heterocycles. The number of allylic oxidation sites excluding steroid dienone is 1. The molecule has 4 saturated carbocycles. The van der Waals surface area contributed by atoms with Gasteiger partial charge in [0, 0.05) is 36.7 Å². The van der Waals surface area contributed by atoms with E-state index in [1.54, 1.807) is 13.8 Å². The number of hydrogen-bond acceptors (Lipinski definition) is 6. The molecule has 2 heterocycles. The Morgan fingerprint density at radius 1 is 0.904 bits per heavy atom. The highest BCUT2D eigenvalue weighted by atomic mass is 32.2. The summed E-state index contributed by atoms with van der Waals surface area (Å²) in [7, 11) is -1.84. The molecular weight excluding hydrogens is 669 g/mol. The van der Waals surface area contributed by atoms with E-state index in [1.165, 1.54) is 56.9 Å². The summed E-state index contributed by atoms with van der Waals surface area (Å²) >= 11 is 0. The lowest BCUT2D eigenvalue weighted by molar-refractivity contribution is -0.241. The summed E-state index contributed by atoms with van der Waals surface area (Å²) in [6.45, 7) is 29.0. The summed E-state index contributed by atoms with van der Waals surface area (Å²) in [5, 5.41) is 16.4. The van der Waals surface area contributed by atoms with Crippen LogP contribution in [0.5, 0.6) is 0 Å². The lowest BCUT2D eigenvalue weighted by Gasteiger charge is -2.73. The number of fused-ring (bicyclic) bond motifs is 7. The lowest BCUT2D eigenvalue weighted by atomic mass is 9.33. The molecule has 52 heavy (non-hydrogen) atoms. The molecule has 0 radical (unpaired) electrons. The van der Waals surface area contributed by atoms with E-state index in [9.17, 15) is 18.9 Å². The second kappa shape index (κ2) is 14.0. The van der Waals surface area contributed by atoms with Gasteiger partial charge in [-0.05, 0) is 185 Å². The van der Waals surface area contributed by atoms with Gasteiger partial charge < -0.3 is 20.6 Å². The van der Waals surface area contributed by atoms with E-state index in [2.05, 4.69) is 74.4 Å². The van der Waals surface area contributed by atoms with Gasteiger partial charge in [-0.15, -0.1) is 0 Å². The molecule has 9 heteroatoms. The summed E-state index contributed by atoms with van der Waals surface area (Å²) in [6, 6.07) is 0. The van der Waals surface area contributed by atoms with Gasteiger partial charge in [0.1, 0.15) is 5.54 Å². The molecule has 1 amide bonds. The minimum absolute atomic E-state index is 0.149. The number of nitrogens with zero attached hydrogens (tertiary/aromatic N) is 2. The van der Waals surface area contributed by atoms with Gasteiger partial charge >= 0.3 is 5.97 Å². The highest BCUT2D eigenvalue weighted by Gasteiger charge is 2.70. The van der Waals surface area contributed by atoms with E-state index in [4.69, 9.17) is 0 Å². The third kappa shape index (κ3) is 6.76. The maximum atomic E-state index is 13.2. The number of nitrogens with one attached hydrogen (secondary N) is 2. The Morgan fingerprint density at radius 3 is 2.25 bits per heavy atom. The van der Waals surface area contributed by atoms with E-state index in [0.717, 1.165) is 63.6 Å². The van der Waals surface area contributed by atoms with Crippen molar-refractivity contribution in [3.8, 4) is 0 Å². The van der Waals surface area contributed by atoms with Gasteiger partial charge in [-0.3, -0.25) is 13.9 Å². The Bertz CT molecular complexity index is 1500. The number of likely N-dealkylation sites (tertiary alicyclic amines) is 1. The Morgan fingerprint density at radius 2 is 1.60 bits per heavy atom. The Hall–Kier alpha value is -1.42. The summed E-state index contributed by atoms with van der Waals surface area (Å²) < 4.78 is 12.3. The predicted octanol–water partition coefficient (Wildman–Crippen LogP) is 6.30. The molecule has 6 aliphatic rings. The van der Waals surface area contributed by atoms with Gasteiger partial charge in [-0.1, -0.05) is 32.9 Å². The fraction of sp³-hybridized carbons (Fsp3) is 0.884. The normalized spacial score (nSPS) is 41.6. The van der Waals surface area contributed by atoms with Crippen LogP contribution in [-0.4, -0.2) is 105 Å². The Balaban J connectivity index is 1.16. The number of carbonyl (C=O) groups excluding carboxylic acids is 1. The first kappa shape index (κ1) is 40.2. The number of piperidine rings is 1. The number of amides is 1. The molecule has 0 aromatic carbocycles. The fourth-order valence-corrected chi connectivity index (χ4v) is 15.4. The first-order chi connectivity index (χ1) is 24.1. The first-order valence-electron chi connectivity index (χ1n) is 20.8. The average molecular weight is 743 g/mol. The average Bonchev–Trinajstić information content (AvgIpc) is 3.43. The summed E-state index contributed by atoms with van der Waals surface area (Å²) in [4.78, 5) is 29.7. The largest absolute Gasteiger partial charge is 0.480 e. The van der Waals surface area contributed by atoms with Gasteiger partial charge in [-0.2, -0.15) is 0 Å². The van der Waals surface area contributed by atoms with Crippen LogP contribution in [0, 0.1) is 51.2 Å². The van der Waals surface area contributed by atoms with Crippen molar-refractivity contribution in [1.82, 2.24) is 20.4 Å². The molecule has 8 nitrogen and oxygen atoms in total. The van der Waals surface area contributed by atoms with Crippen molar-refractivity contribution in [3.05, 3.63) is 12.2 Å². The first-order valence-corrected chi connectivity index (χ1v) is 22.9. The molecule has 0 bridgehead atoms. The predicted molar refractivity (Wildman–Crippen MR) is 215 cm³/mol. The highest BCUT2D eigenvalue weighted by molar-refractivity contribution is 8.00. The van der Waals surface area contributed by atoms with Gasteiger partial charge in [0.2, 0.25) is 5.91 Å². The quantitative estimate of drug-likeness (QED) is 0.130. The van der Waals surface area contributed by atoms with Gasteiger partial charge in [-0.25, -0.2) is 4.79 Å². The van der Waals surface area contributed by atoms with Crippen LogP contribution in [0.4, 0.5) is 0 Å². The second-order valence-electron chi connectivity index (χ2n) is 20.6. The van der Waals surface area contributed by atoms with Gasteiger partial charge in [0.25, 0.3) is 0 Å². The molecule has 6 rings (SSSR count). The Labute approximate surface area is 317 Å². The van der Waals surface area contributed by atoms with E-state index in [0.29, 0.717) is 40.4 Å². The number of hydrogen-bond donors (Lipinski definition) is 3. The molecule has 9 atom stereocenters. The number of rotatable bonds is 11. The molecule has 2 aliphatic heterocycles. The molecular formula is C43H74N4O4S. The van der Waals surface area contributed by atoms with Crippen LogP contribution in [0.1, 0.15) is 120 Å². The van der Waals surface area contributed by atoms with Crippen molar-refractivity contribution in [2.75, 3.05) is 57.3 Å². The molecule has 0 aromatic heterocycles. The van der Waals surface area contributed by atoms with Crippen LogP contribution in [0.3, 0.4) is 0 Å². The maximum absolute atomic E-state index is 13.2. The van der Waals surface area contributed by atoms with Crippen LogP contribution >= 0.6 is 0 Å². The van der Waals surface area contributed by atoms with Crippen molar-refractivity contribution < 1.29 is 18.9 Å². The van der Waals surface area contributed by atoms with Gasteiger partial charge in [0.05, 0.1) is 6.54 Å². The van der Waals surface area contributed by atoms with Gasteiger partial charge in [0.15, 0.2) is 0 Å². The number of carboxylic acids is 1. The zero-order valence-corrected chi connectivity index (χ0v) is 35.0. The zero-order chi connectivity index (χ0) is 38.1. The van der Waals surface area contributed by atoms with Crippen LogP contribution in [0.25, 0.3) is 0 Å². The van der Waals surface area contributed by atoms with Crippen molar-refractivity contribution in [2.24, 2.45) is 51.2 Å². The molecule has 296 valence electrons. The van der Waals surface area contributed by atoms with E-state index in [1.807, 2.05) is 0 Å². The van der Waals surface area contributed by atoms with Crippen molar-refractivity contribution in [3.63, 3.8) is 0 Å². The zero-order valence-electron chi connectivity index (χ0n) is 34.2. The molecule has 0 aromatic rings. The van der Waals surface area contributed by atoms with E-state index < -0.39 is 21.0 Å². The summed E-state index contributed by atoms with van der Waals surface area (Å²) in [5.41, 5.74) is 1.09. The van der Waals surface area contributed by atoms with Crippen molar-refractivity contribution >= 4 is 27.3 Å². The lowest BCUT2D eigenvalue weighted by Crippen LogP contribution is -2.70. The molecule has 0 unspecified atom stereocenters. The minimum Gasteiger partial charge on any atom is -0.480 e. The highest BCUT2D eigenvalue weighted by Crippen LogP contribution is 2.76. The number of carbonyl (C=O) groups is 2. The summed E-state index contributed by atoms with van der Waals surface area (Å²) in [6.07, 6.45) is 12.5. The van der Waals surface area contributed by atoms with Crippen LogP contribution < -0.4 is 10.6 Å². The number of carboxylic acid groups (broad SMARTS) is 1. The topological polar surface area (TPSA) is 102 Å². The smallest absolute Gasteiger partial charge is 0.328 e. The van der Waals surface area contributed by atoms with E-state index >= 15 is 0 Å². The molecule has 4 aliphatic carbocycles. The third-order valence-corrected chi connectivity index (χ3v) is 19.1. The SMILES string of the molecule is C=C(C)[C@@H]1CC[C@]2(CNCCCN3CCS(=C)(=O)CC3)CC[C@]3(C)[C@H](CC[C@@H]4[C@@]5(C)CCN(CC(=O)NC(C)(C)C(=O)O)C(C)(C)[C@@H]5CC[C@]43C)[C@@H]12. The van der Waals surface area contributed by atoms with E-state index in [-0.39, 0.29) is 28.8 Å². The van der Waals surface area contributed by atoms with Crippen LogP contribution in [-0.2, 0) is 19.1 Å². The van der Waals surface area contributed by atoms with Crippen molar-refractivity contribution in [1.29, 1.82) is 0 Å². The minimum atomic E-state index is -1.84. The maximum Gasteiger partial charge on any atom is 0.328 e. The molecule has 6 fully saturated rings. The fourth-order valence-electron chi connectivity index (χ4n) is 14.0. The molecule has 3 N–H and O–H groups in total. The van der Waals surface area contributed by atoms with Crippen molar-refractivity contribution in [2.45, 2.75) is 131 Å².